The number of rotatable bonds is 6. The van der Waals surface area contributed by atoms with E-state index in [0.29, 0.717) is 19.0 Å². The van der Waals surface area contributed by atoms with Crippen LogP contribution in [-0.2, 0) is 9.53 Å². The van der Waals surface area contributed by atoms with Gasteiger partial charge in [0.25, 0.3) is 0 Å². The van der Waals surface area contributed by atoms with Gasteiger partial charge < -0.3 is 15.2 Å². The quantitative estimate of drug-likeness (QED) is 0.714. The first-order valence-corrected chi connectivity index (χ1v) is 6.36. The van der Waals surface area contributed by atoms with Gasteiger partial charge in [0, 0.05) is 19.1 Å². The van der Waals surface area contributed by atoms with Crippen molar-refractivity contribution in [2.45, 2.75) is 45.4 Å². The molecule has 5 nitrogen and oxygen atoms in total. The van der Waals surface area contributed by atoms with E-state index in [0.717, 1.165) is 19.7 Å². The van der Waals surface area contributed by atoms with Crippen molar-refractivity contribution in [3.8, 4) is 0 Å². The summed E-state index contributed by atoms with van der Waals surface area (Å²) in [5, 5.41) is 12.0. The average Bonchev–Trinajstić information content (AvgIpc) is 2.28. The Morgan fingerprint density at radius 3 is 2.88 bits per heavy atom. The van der Waals surface area contributed by atoms with Crippen LogP contribution in [0.1, 0.15) is 27.2 Å². The zero-order chi connectivity index (χ0) is 12.8. The molecule has 0 aliphatic carbocycles. The smallest absolute Gasteiger partial charge is 0.320 e. The second-order valence-electron chi connectivity index (χ2n) is 4.73. The van der Waals surface area contributed by atoms with Crippen molar-refractivity contribution < 1.29 is 14.6 Å². The molecule has 1 rings (SSSR count). The van der Waals surface area contributed by atoms with Crippen LogP contribution in [-0.4, -0.2) is 60.4 Å². The van der Waals surface area contributed by atoms with Gasteiger partial charge in [0.05, 0.1) is 12.7 Å². The third-order valence-electron chi connectivity index (χ3n) is 3.19. The summed E-state index contributed by atoms with van der Waals surface area (Å²) in [5.41, 5.74) is 0. The van der Waals surface area contributed by atoms with Crippen LogP contribution >= 0.6 is 0 Å². The molecule has 3 unspecified atom stereocenters. The average molecular weight is 244 g/mol. The molecule has 0 saturated carbocycles. The lowest BCUT2D eigenvalue weighted by atomic mass is 10.1. The molecule has 1 saturated heterocycles. The number of nitrogens with one attached hydrogen (secondary N) is 1. The number of carboxylic acid groups (broad SMARTS) is 1. The lowest BCUT2D eigenvalue weighted by Gasteiger charge is -2.37. The highest BCUT2D eigenvalue weighted by atomic mass is 16.5. The van der Waals surface area contributed by atoms with Crippen LogP contribution in [0.4, 0.5) is 0 Å². The highest BCUT2D eigenvalue weighted by Crippen LogP contribution is 2.12. The molecular formula is C12H24N2O3. The van der Waals surface area contributed by atoms with E-state index in [1.807, 2.05) is 6.92 Å². The Balaban J connectivity index is 2.38. The van der Waals surface area contributed by atoms with E-state index in [4.69, 9.17) is 9.84 Å². The third kappa shape index (κ3) is 4.61. The van der Waals surface area contributed by atoms with Gasteiger partial charge in [0.1, 0.15) is 6.04 Å². The number of ether oxygens (including phenoxy) is 1. The van der Waals surface area contributed by atoms with Crippen molar-refractivity contribution in [3.63, 3.8) is 0 Å². The maximum absolute atomic E-state index is 11.0. The summed E-state index contributed by atoms with van der Waals surface area (Å²) in [6, 6.07) is -0.0624. The Morgan fingerprint density at radius 1 is 1.59 bits per heavy atom. The molecule has 1 aliphatic rings. The summed E-state index contributed by atoms with van der Waals surface area (Å²) in [5.74, 6) is -0.763. The van der Waals surface area contributed by atoms with Crippen LogP contribution < -0.4 is 5.32 Å². The van der Waals surface area contributed by atoms with Gasteiger partial charge in [0.15, 0.2) is 0 Å². The molecule has 0 aromatic rings. The zero-order valence-corrected chi connectivity index (χ0v) is 11.0. The molecule has 0 bridgehead atoms. The van der Waals surface area contributed by atoms with Crippen LogP contribution in [0, 0.1) is 0 Å². The summed E-state index contributed by atoms with van der Waals surface area (Å²) in [6.45, 7) is 9.22. The monoisotopic (exact) mass is 244 g/mol. The molecule has 17 heavy (non-hydrogen) atoms. The summed E-state index contributed by atoms with van der Waals surface area (Å²) in [4.78, 5) is 13.3. The van der Waals surface area contributed by atoms with E-state index in [9.17, 15) is 4.79 Å². The maximum Gasteiger partial charge on any atom is 0.320 e. The number of hydrogen-bond donors (Lipinski definition) is 2. The standard InChI is InChI=1S/C12H24N2O3/c1-4-13-11(12(15)16)5-6-14-7-10(3)17-8-9(14)2/h9-11,13H,4-8H2,1-3H3,(H,15,16). The second-order valence-corrected chi connectivity index (χ2v) is 4.73. The SMILES string of the molecule is CCNC(CCN1CC(C)OCC1C)C(=O)O. The second kappa shape index (κ2) is 6.93. The lowest BCUT2D eigenvalue weighted by Crippen LogP contribution is -2.49. The Kier molecular flexibility index (Phi) is 5.88. The molecule has 100 valence electrons. The van der Waals surface area contributed by atoms with Crippen LogP contribution in [0.5, 0.6) is 0 Å². The van der Waals surface area contributed by atoms with Crippen molar-refractivity contribution in [3.05, 3.63) is 0 Å². The Hall–Kier alpha value is -0.650. The van der Waals surface area contributed by atoms with Gasteiger partial charge in [0.2, 0.25) is 0 Å². The third-order valence-corrected chi connectivity index (χ3v) is 3.19. The van der Waals surface area contributed by atoms with E-state index in [1.54, 1.807) is 0 Å². The molecule has 2 N–H and O–H groups in total. The van der Waals surface area contributed by atoms with Crippen LogP contribution in [0.15, 0.2) is 0 Å². The predicted octanol–water partition coefficient (Wildman–Crippen LogP) is 0.548. The first-order valence-electron chi connectivity index (χ1n) is 6.36. The van der Waals surface area contributed by atoms with Crippen molar-refractivity contribution >= 4 is 5.97 Å². The van der Waals surface area contributed by atoms with Gasteiger partial charge in [-0.05, 0) is 26.8 Å². The molecule has 1 aliphatic heterocycles. The molecular weight excluding hydrogens is 220 g/mol. The minimum Gasteiger partial charge on any atom is -0.480 e. The molecule has 5 heteroatoms. The predicted molar refractivity (Wildman–Crippen MR) is 66.2 cm³/mol. The van der Waals surface area contributed by atoms with Crippen LogP contribution in [0.3, 0.4) is 0 Å². The summed E-state index contributed by atoms with van der Waals surface area (Å²) >= 11 is 0. The lowest BCUT2D eigenvalue weighted by molar-refractivity contribution is -0.139. The molecule has 0 radical (unpaired) electrons. The van der Waals surface area contributed by atoms with Gasteiger partial charge in [-0.25, -0.2) is 0 Å². The summed E-state index contributed by atoms with van der Waals surface area (Å²) in [6.07, 6.45) is 0.883. The highest BCUT2D eigenvalue weighted by Gasteiger charge is 2.25. The van der Waals surface area contributed by atoms with E-state index < -0.39 is 12.0 Å². The van der Waals surface area contributed by atoms with Gasteiger partial charge in [-0.2, -0.15) is 0 Å². The number of nitrogens with zero attached hydrogens (tertiary/aromatic N) is 1. The Bertz CT molecular complexity index is 248. The number of carboxylic acids is 1. The topological polar surface area (TPSA) is 61.8 Å². The Labute approximate surface area is 103 Å². The van der Waals surface area contributed by atoms with Crippen LogP contribution in [0.25, 0.3) is 0 Å². The molecule has 1 heterocycles. The summed E-state index contributed by atoms with van der Waals surface area (Å²) in [7, 11) is 0. The van der Waals surface area contributed by atoms with Crippen molar-refractivity contribution in [2.24, 2.45) is 0 Å². The van der Waals surface area contributed by atoms with E-state index in [2.05, 4.69) is 24.1 Å². The first-order chi connectivity index (χ1) is 8.04. The molecule has 1 fully saturated rings. The first kappa shape index (κ1) is 14.4. The van der Waals surface area contributed by atoms with Crippen molar-refractivity contribution in [1.82, 2.24) is 10.2 Å². The number of hydrogen-bond acceptors (Lipinski definition) is 4. The number of carbonyl (C=O) groups is 1. The Morgan fingerprint density at radius 2 is 2.29 bits per heavy atom. The molecule has 0 aromatic heterocycles. The fourth-order valence-corrected chi connectivity index (χ4v) is 2.14. The number of morpholine rings is 1. The minimum absolute atomic E-state index is 0.244. The van der Waals surface area contributed by atoms with E-state index >= 15 is 0 Å². The van der Waals surface area contributed by atoms with E-state index in [-0.39, 0.29) is 6.10 Å². The van der Waals surface area contributed by atoms with Gasteiger partial charge in [-0.3, -0.25) is 9.69 Å². The maximum atomic E-state index is 11.0. The molecule has 0 amide bonds. The number of aliphatic carboxylic acids is 1. The molecule has 0 aromatic carbocycles. The number of likely N-dealkylation sites (N-methyl/N-ethyl adjacent to an activating group) is 1. The zero-order valence-electron chi connectivity index (χ0n) is 11.0. The van der Waals surface area contributed by atoms with Gasteiger partial charge >= 0.3 is 5.97 Å². The molecule has 3 atom stereocenters. The summed E-state index contributed by atoms with van der Waals surface area (Å²) < 4.78 is 5.55. The normalized spacial score (nSPS) is 27.9. The largest absolute Gasteiger partial charge is 0.480 e. The van der Waals surface area contributed by atoms with E-state index in [1.165, 1.54) is 0 Å². The van der Waals surface area contributed by atoms with Crippen LogP contribution in [0.2, 0.25) is 0 Å². The fourth-order valence-electron chi connectivity index (χ4n) is 2.14. The van der Waals surface area contributed by atoms with Gasteiger partial charge in [-0.1, -0.05) is 6.92 Å². The molecule has 0 spiro atoms. The minimum atomic E-state index is -0.763. The highest BCUT2D eigenvalue weighted by molar-refractivity contribution is 5.73. The van der Waals surface area contributed by atoms with Crippen molar-refractivity contribution in [2.75, 3.05) is 26.2 Å². The fraction of sp³-hybridized carbons (Fsp3) is 0.917. The van der Waals surface area contributed by atoms with Gasteiger partial charge in [-0.15, -0.1) is 0 Å². The van der Waals surface area contributed by atoms with Crippen molar-refractivity contribution in [1.29, 1.82) is 0 Å².